The second kappa shape index (κ2) is 8.42. The van der Waals surface area contributed by atoms with Gasteiger partial charge in [-0.2, -0.15) is 0 Å². The summed E-state index contributed by atoms with van der Waals surface area (Å²) in [4.78, 5) is 30.9. The predicted octanol–water partition coefficient (Wildman–Crippen LogP) is 4.56. The fraction of sp³-hybridized carbons (Fsp3) is 0.300. The molecule has 0 bridgehead atoms. The van der Waals surface area contributed by atoms with Gasteiger partial charge in [0.1, 0.15) is 12.2 Å². The van der Waals surface area contributed by atoms with Gasteiger partial charge >= 0.3 is 5.97 Å². The van der Waals surface area contributed by atoms with Gasteiger partial charge in [0.25, 0.3) is 5.56 Å². The number of fused-ring (bicyclic) bond motifs is 5. The molecule has 1 atom stereocenters. The number of cyclic esters (lactones) is 1. The minimum atomic E-state index is -1.44. The number of carbonyl (C=O) groups excluding carboxylic acids is 1. The summed E-state index contributed by atoms with van der Waals surface area (Å²) >= 11 is 0. The molecule has 0 saturated carbocycles. The van der Waals surface area contributed by atoms with Gasteiger partial charge in [0.2, 0.25) is 0 Å². The van der Waals surface area contributed by atoms with Gasteiger partial charge in [0.05, 0.1) is 35.4 Å². The summed E-state index contributed by atoms with van der Waals surface area (Å²) in [7, 11) is 0. The minimum absolute atomic E-state index is 0.123. The highest BCUT2D eigenvalue weighted by Gasteiger charge is 2.39. The van der Waals surface area contributed by atoms with E-state index in [1.54, 1.807) is 4.57 Å². The Morgan fingerprint density at radius 3 is 2.61 bits per heavy atom. The van der Waals surface area contributed by atoms with E-state index >= 15 is 0 Å². The number of aromatic nitrogens is 2. The van der Waals surface area contributed by atoms with Crippen LogP contribution in [0.5, 0.6) is 0 Å². The van der Waals surface area contributed by atoms with Crippen LogP contribution in [-0.4, -0.2) is 20.6 Å². The Labute approximate surface area is 209 Å². The molecule has 36 heavy (non-hydrogen) atoms. The number of benzene rings is 2. The Morgan fingerprint density at radius 2 is 1.83 bits per heavy atom. The molecule has 6 heteroatoms. The number of pyridine rings is 2. The van der Waals surface area contributed by atoms with Crippen molar-refractivity contribution in [2.75, 3.05) is 0 Å². The molecular weight excluding hydrogens is 452 g/mol. The first kappa shape index (κ1) is 22.7. The van der Waals surface area contributed by atoms with Crippen molar-refractivity contribution >= 4 is 16.9 Å². The molecule has 182 valence electrons. The number of hydrogen-bond acceptors (Lipinski definition) is 5. The maximum Gasteiger partial charge on any atom is 0.309 e. The predicted molar refractivity (Wildman–Crippen MR) is 138 cm³/mol. The number of nitrogens with zero attached hydrogens (tertiary/aromatic N) is 2. The van der Waals surface area contributed by atoms with Gasteiger partial charge in [-0.15, -0.1) is 0 Å². The zero-order chi connectivity index (χ0) is 25.0. The van der Waals surface area contributed by atoms with E-state index in [9.17, 15) is 14.7 Å². The normalized spacial score (nSPS) is 18.4. The highest BCUT2D eigenvalue weighted by Crippen LogP contribution is 2.40. The van der Waals surface area contributed by atoms with Crippen molar-refractivity contribution in [3.63, 3.8) is 0 Å². The third-order valence-corrected chi connectivity index (χ3v) is 7.76. The molecule has 1 N–H and O–H groups in total. The number of para-hydroxylation sites is 1. The molecule has 0 fully saturated rings. The third-order valence-electron chi connectivity index (χ3n) is 7.76. The van der Waals surface area contributed by atoms with E-state index in [1.165, 1.54) is 16.7 Å². The average molecular weight is 481 g/mol. The summed E-state index contributed by atoms with van der Waals surface area (Å²) < 4.78 is 7.02. The number of rotatable bonds is 4. The molecule has 1 unspecified atom stereocenters. The lowest BCUT2D eigenvalue weighted by Crippen LogP contribution is -2.32. The first-order valence-corrected chi connectivity index (χ1v) is 12.5. The van der Waals surface area contributed by atoms with E-state index in [-0.39, 0.29) is 18.6 Å². The van der Waals surface area contributed by atoms with E-state index < -0.39 is 11.6 Å². The van der Waals surface area contributed by atoms with Crippen molar-refractivity contribution in [2.45, 2.75) is 58.3 Å². The van der Waals surface area contributed by atoms with Crippen molar-refractivity contribution in [1.29, 1.82) is 0 Å². The number of esters is 1. The fourth-order valence-corrected chi connectivity index (χ4v) is 5.62. The molecule has 2 aliphatic heterocycles. The number of carbonyl (C=O) groups is 1. The Morgan fingerprint density at radius 1 is 1.06 bits per heavy atom. The van der Waals surface area contributed by atoms with E-state index in [1.807, 2.05) is 31.2 Å². The molecule has 6 rings (SSSR count). The van der Waals surface area contributed by atoms with Crippen LogP contribution in [0.2, 0.25) is 0 Å². The molecule has 6 nitrogen and oxygen atoms in total. The molecular formula is C30H28N2O4. The van der Waals surface area contributed by atoms with Crippen LogP contribution in [0, 0.1) is 6.92 Å². The maximum absolute atomic E-state index is 13.7. The van der Waals surface area contributed by atoms with Crippen molar-refractivity contribution in [2.24, 2.45) is 0 Å². The zero-order valence-corrected chi connectivity index (χ0v) is 20.5. The fourth-order valence-electron chi connectivity index (χ4n) is 5.62. The third kappa shape index (κ3) is 3.56. The average Bonchev–Trinajstić information content (AvgIpc) is 3.19. The Hall–Kier alpha value is -3.77. The van der Waals surface area contributed by atoms with Crippen LogP contribution in [0.3, 0.4) is 0 Å². The second-order valence-electron chi connectivity index (χ2n) is 9.96. The Bertz CT molecular complexity index is 1590. The van der Waals surface area contributed by atoms with Gasteiger partial charge in [0.15, 0.2) is 0 Å². The smallest absolute Gasteiger partial charge is 0.309 e. The maximum atomic E-state index is 13.7. The molecule has 0 aliphatic carbocycles. The molecule has 0 radical (unpaired) electrons. The second-order valence-corrected chi connectivity index (χ2v) is 9.96. The summed E-state index contributed by atoms with van der Waals surface area (Å²) in [6.07, 6.45) is 1.85. The molecule has 4 heterocycles. The molecule has 2 aromatic carbocycles. The van der Waals surface area contributed by atoms with E-state index in [2.05, 4.69) is 37.3 Å². The van der Waals surface area contributed by atoms with Gasteiger partial charge in [-0.1, -0.05) is 55.0 Å². The van der Waals surface area contributed by atoms with Crippen LogP contribution >= 0.6 is 0 Å². The summed E-state index contributed by atoms with van der Waals surface area (Å²) in [5, 5.41) is 12.5. The first-order chi connectivity index (χ1) is 17.4. The molecule has 0 saturated heterocycles. The van der Waals surface area contributed by atoms with E-state index in [4.69, 9.17) is 9.72 Å². The first-order valence-electron chi connectivity index (χ1n) is 12.5. The van der Waals surface area contributed by atoms with Gasteiger partial charge < -0.3 is 14.4 Å². The zero-order valence-electron chi connectivity index (χ0n) is 20.5. The van der Waals surface area contributed by atoms with Crippen molar-refractivity contribution in [1.82, 2.24) is 9.55 Å². The largest absolute Gasteiger partial charge is 0.460 e. The van der Waals surface area contributed by atoms with Gasteiger partial charge in [-0.3, -0.25) is 9.59 Å². The SMILES string of the molecule is CCC1(O)CC(=O)OCc2c1cc1n(c2=O)Cc2c-1nc1ccccc1c2CCc1ccc(C)cc1. The molecule has 0 amide bonds. The molecule has 4 aromatic rings. The van der Waals surface area contributed by atoms with Crippen LogP contribution in [-0.2, 0) is 41.1 Å². The van der Waals surface area contributed by atoms with Gasteiger partial charge in [-0.25, -0.2) is 4.98 Å². The summed E-state index contributed by atoms with van der Waals surface area (Å²) in [5.74, 6) is -0.497. The highest BCUT2D eigenvalue weighted by atomic mass is 16.5. The lowest BCUT2D eigenvalue weighted by atomic mass is 9.85. The van der Waals surface area contributed by atoms with Crippen LogP contribution in [0.25, 0.3) is 22.3 Å². The van der Waals surface area contributed by atoms with Crippen LogP contribution in [0.1, 0.15) is 53.1 Å². The van der Waals surface area contributed by atoms with E-state index in [0.29, 0.717) is 29.8 Å². The minimum Gasteiger partial charge on any atom is -0.460 e. The van der Waals surface area contributed by atoms with Gasteiger partial charge in [-0.05, 0) is 55.0 Å². The number of ether oxygens (including phenoxy) is 1. The van der Waals surface area contributed by atoms with Crippen molar-refractivity contribution < 1.29 is 14.6 Å². The lowest BCUT2D eigenvalue weighted by Gasteiger charge is -2.26. The summed E-state index contributed by atoms with van der Waals surface area (Å²) in [5.41, 5.74) is 6.28. The Kier molecular flexibility index (Phi) is 5.30. The lowest BCUT2D eigenvalue weighted by molar-refractivity contribution is -0.149. The topological polar surface area (TPSA) is 81.4 Å². The molecule has 0 spiro atoms. The molecule has 2 aromatic heterocycles. The van der Waals surface area contributed by atoms with Crippen LogP contribution in [0.4, 0.5) is 0 Å². The quantitative estimate of drug-likeness (QED) is 0.381. The van der Waals surface area contributed by atoms with Gasteiger partial charge in [0, 0.05) is 10.9 Å². The summed E-state index contributed by atoms with van der Waals surface area (Å²) in [6.45, 7) is 4.19. The number of hydrogen-bond donors (Lipinski definition) is 1. The van der Waals surface area contributed by atoms with E-state index in [0.717, 1.165) is 35.0 Å². The molecule has 2 aliphatic rings. The van der Waals surface area contributed by atoms with Crippen LogP contribution < -0.4 is 5.56 Å². The standard InChI is InChI=1S/C30H28N2O4/c1-3-30(35)15-27(33)36-17-23-24(30)14-26-28-22(16-32(26)29(23)34)20(21-6-4-5-7-25(21)31-28)13-12-19-10-8-18(2)9-11-19/h4-11,14,35H,3,12-13,15-17H2,1-2H3. The monoisotopic (exact) mass is 480 g/mol. The number of aryl methyl sites for hydroxylation is 3. The highest BCUT2D eigenvalue weighted by molar-refractivity contribution is 5.88. The van der Waals surface area contributed by atoms with Crippen molar-refractivity contribution in [3.8, 4) is 11.4 Å². The summed E-state index contributed by atoms with van der Waals surface area (Å²) in [6, 6.07) is 18.6. The van der Waals surface area contributed by atoms with Crippen LogP contribution in [0.15, 0.2) is 59.4 Å². The van der Waals surface area contributed by atoms with Crippen molar-refractivity contribution in [3.05, 3.63) is 98.3 Å². The Balaban J connectivity index is 1.52. The number of aliphatic hydroxyl groups is 1.